The van der Waals surface area contributed by atoms with Crippen molar-refractivity contribution in [2.24, 2.45) is 0 Å². The van der Waals surface area contributed by atoms with Crippen LogP contribution in [0, 0.1) is 0 Å². The molecule has 3 heteroatoms. The summed E-state index contributed by atoms with van der Waals surface area (Å²) in [5.41, 5.74) is 5.12. The third-order valence-corrected chi connectivity index (χ3v) is 6.28. The van der Waals surface area contributed by atoms with Gasteiger partial charge < -0.3 is 5.32 Å². The number of benzene rings is 4. The number of fused-ring (bicyclic) bond motifs is 1. The summed E-state index contributed by atoms with van der Waals surface area (Å²) < 4.78 is 0. The first-order valence-corrected chi connectivity index (χ1v) is 11.5. The van der Waals surface area contributed by atoms with E-state index in [0.717, 1.165) is 28.6 Å². The van der Waals surface area contributed by atoms with E-state index in [4.69, 9.17) is 0 Å². The van der Waals surface area contributed by atoms with Gasteiger partial charge in [-0.25, -0.2) is 0 Å². The molecular formula is C29H28N2O. The van der Waals surface area contributed by atoms with Gasteiger partial charge >= 0.3 is 0 Å². The Hall–Kier alpha value is -3.43. The Balaban J connectivity index is 1.29. The van der Waals surface area contributed by atoms with Gasteiger partial charge in [-0.15, -0.1) is 0 Å². The van der Waals surface area contributed by atoms with E-state index in [1.54, 1.807) is 0 Å². The number of carbonyl (C=O) groups is 1. The molecular weight excluding hydrogens is 392 g/mol. The lowest BCUT2D eigenvalue weighted by Crippen LogP contribution is -2.29. The zero-order valence-electron chi connectivity index (χ0n) is 18.3. The van der Waals surface area contributed by atoms with Crippen molar-refractivity contribution in [1.29, 1.82) is 0 Å². The molecule has 1 aliphatic heterocycles. The Morgan fingerprint density at radius 2 is 1.47 bits per heavy atom. The predicted molar refractivity (Wildman–Crippen MR) is 133 cm³/mol. The maximum atomic E-state index is 12.9. The first-order valence-electron chi connectivity index (χ1n) is 11.5. The number of likely N-dealkylation sites (tertiary alicyclic amines) is 1. The minimum absolute atomic E-state index is 0.0826. The number of amides is 1. The van der Waals surface area contributed by atoms with Gasteiger partial charge in [0, 0.05) is 17.8 Å². The molecule has 3 nitrogen and oxygen atoms in total. The lowest BCUT2D eigenvalue weighted by molar-refractivity contribution is 0.102. The normalized spacial score (nSPS) is 14.4. The van der Waals surface area contributed by atoms with Crippen LogP contribution in [-0.2, 0) is 6.54 Å². The first-order chi connectivity index (χ1) is 15.7. The molecule has 5 rings (SSSR count). The maximum absolute atomic E-state index is 12.9. The molecule has 0 aromatic heterocycles. The number of rotatable bonds is 5. The van der Waals surface area contributed by atoms with Gasteiger partial charge in [-0.1, -0.05) is 67.1 Å². The van der Waals surface area contributed by atoms with E-state index < -0.39 is 0 Å². The maximum Gasteiger partial charge on any atom is 0.255 e. The van der Waals surface area contributed by atoms with Gasteiger partial charge in [0.25, 0.3) is 5.91 Å². The van der Waals surface area contributed by atoms with Crippen LogP contribution < -0.4 is 5.32 Å². The summed E-state index contributed by atoms with van der Waals surface area (Å²) >= 11 is 0. The fourth-order valence-corrected chi connectivity index (χ4v) is 4.47. The van der Waals surface area contributed by atoms with E-state index in [1.165, 1.54) is 43.5 Å². The van der Waals surface area contributed by atoms with E-state index in [-0.39, 0.29) is 5.91 Å². The van der Waals surface area contributed by atoms with Crippen molar-refractivity contribution < 1.29 is 4.79 Å². The predicted octanol–water partition coefficient (Wildman–Crippen LogP) is 6.75. The summed E-state index contributed by atoms with van der Waals surface area (Å²) in [7, 11) is 0. The fraction of sp³-hybridized carbons (Fsp3) is 0.207. The van der Waals surface area contributed by atoms with Crippen molar-refractivity contribution in [3.05, 3.63) is 102 Å². The van der Waals surface area contributed by atoms with Crippen molar-refractivity contribution >= 4 is 22.4 Å². The summed E-state index contributed by atoms with van der Waals surface area (Å²) in [6.07, 6.45) is 3.95. The summed E-state index contributed by atoms with van der Waals surface area (Å²) in [4.78, 5) is 15.4. The van der Waals surface area contributed by atoms with Crippen LogP contribution >= 0.6 is 0 Å². The quantitative estimate of drug-likeness (QED) is 0.387. The Kier molecular flexibility index (Phi) is 6.00. The van der Waals surface area contributed by atoms with E-state index in [0.29, 0.717) is 5.56 Å². The highest BCUT2D eigenvalue weighted by Crippen LogP contribution is 2.25. The highest BCUT2D eigenvalue weighted by Gasteiger charge is 2.11. The molecule has 0 atom stereocenters. The summed E-state index contributed by atoms with van der Waals surface area (Å²) in [6.45, 7) is 3.36. The molecule has 1 aliphatic rings. The van der Waals surface area contributed by atoms with Gasteiger partial charge in [0.05, 0.1) is 0 Å². The Labute approximate surface area is 189 Å². The van der Waals surface area contributed by atoms with Gasteiger partial charge in [-0.3, -0.25) is 9.69 Å². The molecule has 1 fully saturated rings. The molecule has 4 aromatic rings. The van der Waals surface area contributed by atoms with Crippen LogP contribution in [0.25, 0.3) is 21.9 Å². The standard InChI is InChI=1S/C29H28N2O/c32-29(30-28-15-9-22(10-16-28)21-31-17-5-2-6-18-31)26-14-12-24-11-13-25(19-27(24)20-26)23-7-3-1-4-8-23/h1,3-4,7-16,19-20H,2,5-6,17-18,21H2,(H,30,32). The minimum Gasteiger partial charge on any atom is -0.322 e. The van der Waals surface area contributed by atoms with E-state index in [2.05, 4.69) is 52.7 Å². The van der Waals surface area contributed by atoms with Gasteiger partial charge in [0.15, 0.2) is 0 Å². The van der Waals surface area contributed by atoms with Gasteiger partial charge in [0.2, 0.25) is 0 Å². The zero-order valence-corrected chi connectivity index (χ0v) is 18.3. The molecule has 0 radical (unpaired) electrons. The van der Waals surface area contributed by atoms with Crippen LogP contribution in [0.15, 0.2) is 91.0 Å². The van der Waals surface area contributed by atoms with E-state index in [1.807, 2.05) is 48.5 Å². The van der Waals surface area contributed by atoms with E-state index in [9.17, 15) is 4.79 Å². The van der Waals surface area contributed by atoms with Crippen molar-refractivity contribution in [3.63, 3.8) is 0 Å². The molecule has 1 saturated heterocycles. The van der Waals surface area contributed by atoms with Crippen molar-refractivity contribution in [3.8, 4) is 11.1 Å². The zero-order chi connectivity index (χ0) is 21.8. The van der Waals surface area contributed by atoms with Crippen LogP contribution in [0.5, 0.6) is 0 Å². The molecule has 0 bridgehead atoms. The average molecular weight is 421 g/mol. The molecule has 0 unspecified atom stereocenters. The summed E-state index contributed by atoms with van der Waals surface area (Å²) in [5.74, 6) is -0.0826. The molecule has 32 heavy (non-hydrogen) atoms. The molecule has 1 heterocycles. The Morgan fingerprint density at radius 1 is 0.719 bits per heavy atom. The smallest absolute Gasteiger partial charge is 0.255 e. The monoisotopic (exact) mass is 420 g/mol. The van der Waals surface area contributed by atoms with E-state index >= 15 is 0 Å². The summed E-state index contributed by atoms with van der Waals surface area (Å²) in [6, 6.07) is 30.8. The average Bonchev–Trinajstić information content (AvgIpc) is 2.86. The first kappa shape index (κ1) is 20.5. The lowest BCUT2D eigenvalue weighted by Gasteiger charge is -2.26. The topological polar surface area (TPSA) is 32.3 Å². The lowest BCUT2D eigenvalue weighted by atomic mass is 10.00. The Bertz CT molecular complexity index is 1210. The second-order valence-electron chi connectivity index (χ2n) is 8.63. The van der Waals surface area contributed by atoms with Crippen LogP contribution in [0.4, 0.5) is 5.69 Å². The number of anilines is 1. The number of carbonyl (C=O) groups excluding carboxylic acids is 1. The molecule has 4 aromatic carbocycles. The fourth-order valence-electron chi connectivity index (χ4n) is 4.47. The number of nitrogens with zero attached hydrogens (tertiary/aromatic N) is 1. The SMILES string of the molecule is O=C(Nc1ccc(CN2CCCCC2)cc1)c1ccc2ccc(-c3ccccc3)cc2c1. The molecule has 0 aliphatic carbocycles. The van der Waals surface area contributed by atoms with Gasteiger partial charge in [-0.05, 0) is 83.7 Å². The van der Waals surface area contributed by atoms with Gasteiger partial charge in [0.1, 0.15) is 0 Å². The van der Waals surface area contributed by atoms with Crippen molar-refractivity contribution in [1.82, 2.24) is 4.90 Å². The molecule has 0 saturated carbocycles. The molecule has 1 amide bonds. The third-order valence-electron chi connectivity index (χ3n) is 6.28. The molecule has 0 spiro atoms. The number of nitrogens with one attached hydrogen (secondary N) is 1. The second kappa shape index (κ2) is 9.37. The highest BCUT2D eigenvalue weighted by atomic mass is 16.1. The second-order valence-corrected chi connectivity index (χ2v) is 8.63. The number of hydrogen-bond donors (Lipinski definition) is 1. The van der Waals surface area contributed by atoms with Crippen LogP contribution in [0.2, 0.25) is 0 Å². The van der Waals surface area contributed by atoms with Crippen molar-refractivity contribution in [2.75, 3.05) is 18.4 Å². The largest absolute Gasteiger partial charge is 0.322 e. The minimum atomic E-state index is -0.0826. The highest BCUT2D eigenvalue weighted by molar-refractivity contribution is 6.06. The van der Waals surface area contributed by atoms with Crippen LogP contribution in [-0.4, -0.2) is 23.9 Å². The summed E-state index contributed by atoms with van der Waals surface area (Å²) in [5, 5.41) is 5.24. The Morgan fingerprint density at radius 3 is 2.25 bits per heavy atom. The van der Waals surface area contributed by atoms with Gasteiger partial charge in [-0.2, -0.15) is 0 Å². The van der Waals surface area contributed by atoms with Crippen molar-refractivity contribution in [2.45, 2.75) is 25.8 Å². The number of hydrogen-bond acceptors (Lipinski definition) is 2. The molecule has 1 N–H and O–H groups in total. The van der Waals surface area contributed by atoms with Crippen LogP contribution in [0.1, 0.15) is 35.2 Å². The molecule has 160 valence electrons. The van der Waals surface area contributed by atoms with Crippen LogP contribution in [0.3, 0.4) is 0 Å². The third kappa shape index (κ3) is 4.74. The number of piperidine rings is 1.